The lowest BCUT2D eigenvalue weighted by molar-refractivity contribution is -0.303. The number of hydrogen-bond acceptors (Lipinski definition) is 9. The quantitative estimate of drug-likeness (QED) is 0.0331. The van der Waals surface area contributed by atoms with Crippen molar-refractivity contribution in [3.05, 3.63) is 0 Å². The van der Waals surface area contributed by atoms with E-state index in [0.29, 0.717) is 6.42 Å². The first-order valence-corrected chi connectivity index (χ1v) is 21.7. The van der Waals surface area contributed by atoms with Gasteiger partial charge in [0.05, 0.1) is 25.4 Å². The first-order chi connectivity index (χ1) is 25.2. The molecule has 9 atom stereocenters. The maximum atomic E-state index is 13.0. The Bertz CT molecular complexity index is 818. The first kappa shape index (κ1) is 49.2. The third-order valence-electron chi connectivity index (χ3n) is 11.1. The van der Waals surface area contributed by atoms with E-state index in [1.165, 1.54) is 109 Å². The Labute approximate surface area is 317 Å². The molecule has 10 heteroatoms. The minimum atomic E-state index is -1.60. The van der Waals surface area contributed by atoms with E-state index in [-0.39, 0.29) is 18.9 Å². The van der Waals surface area contributed by atoms with Crippen LogP contribution >= 0.6 is 0 Å². The minimum Gasteiger partial charge on any atom is -0.394 e. The van der Waals surface area contributed by atoms with Crippen molar-refractivity contribution in [1.29, 1.82) is 0 Å². The summed E-state index contributed by atoms with van der Waals surface area (Å²) >= 11 is 0. The van der Waals surface area contributed by atoms with Crippen LogP contribution in [-0.4, -0.2) is 98.7 Å². The fourth-order valence-corrected chi connectivity index (χ4v) is 7.12. The number of unbranched alkanes of at least 4 members (excludes halogenated alkanes) is 21. The first-order valence-electron chi connectivity index (χ1n) is 21.7. The van der Waals surface area contributed by atoms with Gasteiger partial charge in [-0.3, -0.25) is 4.79 Å². The molecule has 10 nitrogen and oxygen atoms in total. The summed E-state index contributed by atoms with van der Waals surface area (Å²) in [5.74, 6) is 0.556. The number of carbonyl (C=O) groups is 1. The zero-order valence-corrected chi connectivity index (χ0v) is 33.6. The Balaban J connectivity index is 2.43. The molecule has 1 heterocycles. The SMILES string of the molecule is CCCCCCCCCCCCCCCCCC(=O)NC(COC1OC(CO)C(O)C(O)C1O)C(O)C(O)CCCCCCCCCCC(C)CC. The van der Waals surface area contributed by atoms with E-state index in [0.717, 1.165) is 57.3 Å². The summed E-state index contributed by atoms with van der Waals surface area (Å²) < 4.78 is 11.1. The summed E-state index contributed by atoms with van der Waals surface area (Å²) in [7, 11) is 0. The highest BCUT2D eigenvalue weighted by Gasteiger charge is 2.44. The van der Waals surface area contributed by atoms with Crippen LogP contribution in [0, 0.1) is 5.92 Å². The van der Waals surface area contributed by atoms with Crippen LogP contribution in [0.15, 0.2) is 0 Å². The van der Waals surface area contributed by atoms with Gasteiger partial charge in [0.15, 0.2) is 6.29 Å². The number of aliphatic hydroxyl groups excluding tert-OH is 6. The summed E-state index contributed by atoms with van der Waals surface area (Å²) in [6.45, 7) is 5.92. The number of carbonyl (C=O) groups excluding carboxylic acids is 1. The van der Waals surface area contributed by atoms with Crippen LogP contribution in [0.2, 0.25) is 0 Å². The molecule has 52 heavy (non-hydrogen) atoms. The molecular weight excluding hydrogens is 662 g/mol. The van der Waals surface area contributed by atoms with Crippen molar-refractivity contribution in [2.24, 2.45) is 5.92 Å². The molecule has 0 aromatic rings. The van der Waals surface area contributed by atoms with Gasteiger partial charge >= 0.3 is 0 Å². The molecule has 0 bridgehead atoms. The maximum Gasteiger partial charge on any atom is 0.220 e. The highest BCUT2D eigenvalue weighted by atomic mass is 16.7. The molecule has 1 saturated heterocycles. The second-order valence-electron chi connectivity index (χ2n) is 15.9. The maximum absolute atomic E-state index is 13.0. The van der Waals surface area contributed by atoms with Crippen LogP contribution in [0.1, 0.15) is 194 Å². The van der Waals surface area contributed by atoms with Gasteiger partial charge < -0.3 is 45.4 Å². The largest absolute Gasteiger partial charge is 0.394 e. The van der Waals surface area contributed by atoms with Crippen LogP contribution in [0.3, 0.4) is 0 Å². The van der Waals surface area contributed by atoms with Crippen LogP contribution < -0.4 is 5.32 Å². The third kappa shape index (κ3) is 23.2. The average molecular weight is 746 g/mol. The van der Waals surface area contributed by atoms with Gasteiger partial charge in [-0.1, -0.05) is 175 Å². The van der Waals surface area contributed by atoms with E-state index in [9.17, 15) is 35.4 Å². The molecule has 0 radical (unpaired) electrons. The van der Waals surface area contributed by atoms with E-state index in [1.54, 1.807) is 0 Å². The van der Waals surface area contributed by atoms with Gasteiger partial charge in [-0.05, 0) is 18.8 Å². The van der Waals surface area contributed by atoms with Crippen molar-refractivity contribution in [1.82, 2.24) is 5.32 Å². The number of aliphatic hydroxyl groups is 6. The van der Waals surface area contributed by atoms with Crippen molar-refractivity contribution in [3.63, 3.8) is 0 Å². The molecule has 310 valence electrons. The molecule has 1 aliphatic rings. The molecule has 0 aliphatic carbocycles. The van der Waals surface area contributed by atoms with E-state index < -0.39 is 55.6 Å². The zero-order valence-electron chi connectivity index (χ0n) is 33.6. The Morgan fingerprint density at radius 2 is 1.12 bits per heavy atom. The van der Waals surface area contributed by atoms with Crippen molar-refractivity contribution < 1.29 is 44.9 Å². The Kier molecular flexibility index (Phi) is 30.6. The normalized spacial score (nSPS) is 23.0. The highest BCUT2D eigenvalue weighted by Crippen LogP contribution is 2.23. The van der Waals surface area contributed by atoms with Crippen LogP contribution in [0.25, 0.3) is 0 Å². The van der Waals surface area contributed by atoms with Gasteiger partial charge in [0.2, 0.25) is 5.91 Å². The van der Waals surface area contributed by atoms with Gasteiger partial charge in [-0.15, -0.1) is 0 Å². The lowest BCUT2D eigenvalue weighted by Gasteiger charge is -2.40. The molecule has 7 N–H and O–H groups in total. The second-order valence-corrected chi connectivity index (χ2v) is 15.9. The number of nitrogens with one attached hydrogen (secondary N) is 1. The number of amides is 1. The molecule has 1 rings (SSSR count). The van der Waals surface area contributed by atoms with Gasteiger partial charge in [0.25, 0.3) is 0 Å². The fourth-order valence-electron chi connectivity index (χ4n) is 7.12. The highest BCUT2D eigenvalue weighted by molar-refractivity contribution is 5.76. The minimum absolute atomic E-state index is 0.257. The molecule has 1 aliphatic heterocycles. The van der Waals surface area contributed by atoms with Gasteiger partial charge in [-0.2, -0.15) is 0 Å². The predicted molar refractivity (Wildman–Crippen MR) is 209 cm³/mol. The Morgan fingerprint density at radius 3 is 1.60 bits per heavy atom. The monoisotopic (exact) mass is 746 g/mol. The molecule has 0 aromatic heterocycles. The summed E-state index contributed by atoms with van der Waals surface area (Å²) in [6.07, 6.45) is 21.1. The fraction of sp³-hybridized carbons (Fsp3) is 0.976. The predicted octanol–water partition coefficient (Wildman–Crippen LogP) is 7.22. The lowest BCUT2D eigenvalue weighted by Crippen LogP contribution is -2.60. The van der Waals surface area contributed by atoms with Gasteiger partial charge in [0.1, 0.15) is 30.5 Å². The summed E-state index contributed by atoms with van der Waals surface area (Å²) in [5, 5.41) is 65.0. The molecular formula is C42H83NO9. The van der Waals surface area contributed by atoms with Gasteiger partial charge in [-0.25, -0.2) is 0 Å². The summed E-state index contributed by atoms with van der Waals surface area (Å²) in [4.78, 5) is 13.0. The summed E-state index contributed by atoms with van der Waals surface area (Å²) in [5.41, 5.74) is 0. The van der Waals surface area contributed by atoms with E-state index in [2.05, 4.69) is 26.1 Å². The zero-order chi connectivity index (χ0) is 38.4. The average Bonchev–Trinajstić information content (AvgIpc) is 3.14. The Hall–Kier alpha value is -0.850. The molecule has 9 unspecified atom stereocenters. The van der Waals surface area contributed by atoms with Gasteiger partial charge in [0, 0.05) is 6.42 Å². The third-order valence-corrected chi connectivity index (χ3v) is 11.1. The molecule has 0 spiro atoms. The lowest BCUT2D eigenvalue weighted by atomic mass is 9.98. The Morgan fingerprint density at radius 1 is 0.654 bits per heavy atom. The van der Waals surface area contributed by atoms with Crippen LogP contribution in [-0.2, 0) is 14.3 Å². The number of ether oxygens (including phenoxy) is 2. The van der Waals surface area contributed by atoms with E-state index >= 15 is 0 Å². The topological polar surface area (TPSA) is 169 Å². The summed E-state index contributed by atoms with van der Waals surface area (Å²) in [6, 6.07) is -0.985. The molecule has 1 amide bonds. The van der Waals surface area contributed by atoms with Crippen molar-refractivity contribution in [2.75, 3.05) is 13.2 Å². The van der Waals surface area contributed by atoms with Crippen molar-refractivity contribution >= 4 is 5.91 Å². The van der Waals surface area contributed by atoms with Crippen molar-refractivity contribution in [3.8, 4) is 0 Å². The second kappa shape index (κ2) is 32.4. The molecule has 0 saturated carbocycles. The number of hydrogen-bond donors (Lipinski definition) is 7. The molecule has 1 fully saturated rings. The number of rotatable bonds is 35. The smallest absolute Gasteiger partial charge is 0.220 e. The van der Waals surface area contributed by atoms with E-state index in [1.807, 2.05) is 0 Å². The molecule has 0 aromatic carbocycles. The van der Waals surface area contributed by atoms with Crippen LogP contribution in [0.4, 0.5) is 0 Å². The van der Waals surface area contributed by atoms with Crippen LogP contribution in [0.5, 0.6) is 0 Å². The van der Waals surface area contributed by atoms with Crippen molar-refractivity contribution in [2.45, 2.75) is 243 Å². The van der Waals surface area contributed by atoms with E-state index in [4.69, 9.17) is 9.47 Å². The standard InChI is InChI=1S/C42H83NO9/c1-4-6-7-8-9-10-11-12-13-14-15-16-21-24-27-30-37(46)43-34(32-51-42-41(50)40(49)39(48)36(31-44)52-42)38(47)35(45)29-26-23-20-18-17-19-22-25-28-33(3)5-2/h33-36,38-42,44-45,47-50H,4-32H2,1-3H3,(H,43,46).